The molecule has 0 saturated carbocycles. The highest BCUT2D eigenvalue weighted by molar-refractivity contribution is 7.91. The summed E-state index contributed by atoms with van der Waals surface area (Å²) in [6.07, 6.45) is 2.00. The van der Waals surface area contributed by atoms with E-state index in [4.69, 9.17) is 0 Å². The molecule has 0 aromatic rings. The maximum Gasteiger partial charge on any atom is 0.221 e. The van der Waals surface area contributed by atoms with Crippen LogP contribution in [-0.4, -0.2) is 44.5 Å². The first kappa shape index (κ1) is 14.4. The summed E-state index contributed by atoms with van der Waals surface area (Å²) in [5.41, 5.74) is 0. The molecule has 1 aliphatic rings. The van der Waals surface area contributed by atoms with Gasteiger partial charge in [-0.3, -0.25) is 4.79 Å². The highest BCUT2D eigenvalue weighted by atomic mass is 32.2. The molecular weight excluding hydrogens is 240 g/mol. The number of amides is 1. The quantitative estimate of drug-likeness (QED) is 0.735. The average Bonchev–Trinajstić information content (AvgIpc) is 2.14. The van der Waals surface area contributed by atoms with Crippen LogP contribution in [0.4, 0.5) is 0 Å². The van der Waals surface area contributed by atoms with Crippen molar-refractivity contribution in [1.82, 2.24) is 10.6 Å². The van der Waals surface area contributed by atoms with Crippen molar-refractivity contribution in [2.45, 2.75) is 45.2 Å². The van der Waals surface area contributed by atoms with Gasteiger partial charge in [0.25, 0.3) is 0 Å². The lowest BCUT2D eigenvalue weighted by Gasteiger charge is -2.23. The molecule has 1 amide bonds. The number of carbonyl (C=O) groups excluding carboxylic acids is 1. The van der Waals surface area contributed by atoms with Crippen LogP contribution < -0.4 is 10.6 Å². The van der Waals surface area contributed by atoms with E-state index in [1.54, 1.807) is 0 Å². The van der Waals surface area contributed by atoms with E-state index in [0.717, 1.165) is 12.8 Å². The summed E-state index contributed by atoms with van der Waals surface area (Å²) in [5, 5.41) is 5.94. The summed E-state index contributed by atoms with van der Waals surface area (Å²) in [7, 11) is -2.86. The maximum atomic E-state index is 11.4. The number of rotatable bonds is 5. The van der Waals surface area contributed by atoms with Gasteiger partial charge in [0.2, 0.25) is 5.91 Å². The lowest BCUT2D eigenvalue weighted by Crippen LogP contribution is -2.42. The Morgan fingerprint density at radius 1 is 1.41 bits per heavy atom. The van der Waals surface area contributed by atoms with Crippen molar-refractivity contribution >= 4 is 15.7 Å². The minimum atomic E-state index is -2.86. The third-order valence-corrected chi connectivity index (χ3v) is 4.52. The second kappa shape index (κ2) is 6.35. The number of hydrogen-bond acceptors (Lipinski definition) is 4. The molecule has 1 heterocycles. The summed E-state index contributed by atoms with van der Waals surface area (Å²) in [5.74, 6) is 0.517. The molecule has 0 bridgehead atoms. The van der Waals surface area contributed by atoms with Gasteiger partial charge in [-0.15, -0.1) is 0 Å². The van der Waals surface area contributed by atoms with Crippen molar-refractivity contribution in [3.05, 3.63) is 0 Å². The van der Waals surface area contributed by atoms with E-state index < -0.39 is 9.84 Å². The Labute approximate surface area is 103 Å². The molecule has 0 aromatic heterocycles. The molecule has 6 heteroatoms. The summed E-state index contributed by atoms with van der Waals surface area (Å²) in [6, 6.07) is 0.165. The average molecular weight is 262 g/mol. The van der Waals surface area contributed by atoms with Gasteiger partial charge in [-0.2, -0.15) is 0 Å². The number of nitrogens with one attached hydrogen (secondary N) is 2. The fraction of sp³-hybridized carbons (Fsp3) is 0.909. The van der Waals surface area contributed by atoms with Gasteiger partial charge in [0.1, 0.15) is 0 Å². The van der Waals surface area contributed by atoms with Crippen LogP contribution in [0.1, 0.15) is 33.1 Å². The van der Waals surface area contributed by atoms with Crippen LogP contribution >= 0.6 is 0 Å². The van der Waals surface area contributed by atoms with E-state index in [-0.39, 0.29) is 23.7 Å². The van der Waals surface area contributed by atoms with Crippen molar-refractivity contribution in [2.75, 3.05) is 18.1 Å². The van der Waals surface area contributed by atoms with Crippen molar-refractivity contribution in [3.63, 3.8) is 0 Å². The summed E-state index contributed by atoms with van der Waals surface area (Å²) < 4.78 is 22.8. The Balaban J connectivity index is 2.20. The molecule has 1 fully saturated rings. The Hall–Kier alpha value is -0.620. The van der Waals surface area contributed by atoms with Gasteiger partial charge < -0.3 is 10.6 Å². The van der Waals surface area contributed by atoms with Crippen LogP contribution in [0.3, 0.4) is 0 Å². The molecule has 0 radical (unpaired) electrons. The minimum absolute atomic E-state index is 0.00571. The third-order valence-electron chi connectivity index (χ3n) is 2.70. The molecule has 5 nitrogen and oxygen atoms in total. The van der Waals surface area contributed by atoms with Crippen LogP contribution in [0.15, 0.2) is 0 Å². The molecule has 1 atom stereocenters. The Kier molecular flexibility index (Phi) is 5.39. The smallest absolute Gasteiger partial charge is 0.221 e. The molecule has 0 aromatic carbocycles. The third kappa shape index (κ3) is 6.02. The Bertz CT molecular complexity index is 352. The molecule has 0 spiro atoms. The van der Waals surface area contributed by atoms with Crippen molar-refractivity contribution < 1.29 is 13.2 Å². The highest BCUT2D eigenvalue weighted by Crippen LogP contribution is 2.11. The minimum Gasteiger partial charge on any atom is -0.354 e. The van der Waals surface area contributed by atoms with Gasteiger partial charge in [0, 0.05) is 25.0 Å². The molecule has 1 aliphatic heterocycles. The highest BCUT2D eigenvalue weighted by Gasteiger charge is 2.24. The summed E-state index contributed by atoms with van der Waals surface area (Å²) in [6.45, 7) is 4.37. The molecule has 0 aliphatic carbocycles. The van der Waals surface area contributed by atoms with Gasteiger partial charge >= 0.3 is 0 Å². The van der Waals surface area contributed by atoms with E-state index in [9.17, 15) is 13.2 Å². The zero-order chi connectivity index (χ0) is 12.9. The van der Waals surface area contributed by atoms with E-state index >= 15 is 0 Å². The lowest BCUT2D eigenvalue weighted by molar-refractivity contribution is -0.121. The summed E-state index contributed by atoms with van der Waals surface area (Å²) in [4.78, 5) is 11.4. The van der Waals surface area contributed by atoms with Crippen molar-refractivity contribution in [3.8, 4) is 0 Å². The van der Waals surface area contributed by atoms with E-state index in [2.05, 4.69) is 10.6 Å². The number of sulfone groups is 1. The summed E-state index contributed by atoms with van der Waals surface area (Å²) >= 11 is 0. The zero-order valence-electron chi connectivity index (χ0n) is 10.5. The first-order valence-corrected chi connectivity index (χ1v) is 7.94. The second-order valence-corrected chi connectivity index (χ2v) is 7.11. The SMILES string of the molecule is CC(C)NC(=O)CCNC1CCCS(=O)(=O)C1. The van der Waals surface area contributed by atoms with Gasteiger partial charge in [-0.25, -0.2) is 8.42 Å². The first-order valence-electron chi connectivity index (χ1n) is 6.12. The van der Waals surface area contributed by atoms with Gasteiger partial charge in [0.05, 0.1) is 11.5 Å². The van der Waals surface area contributed by atoms with Crippen LogP contribution in [0.25, 0.3) is 0 Å². The van der Waals surface area contributed by atoms with Crippen molar-refractivity contribution in [1.29, 1.82) is 0 Å². The van der Waals surface area contributed by atoms with Gasteiger partial charge in [0.15, 0.2) is 9.84 Å². The normalized spacial score (nSPS) is 23.6. The molecule has 100 valence electrons. The van der Waals surface area contributed by atoms with Gasteiger partial charge in [-0.05, 0) is 26.7 Å². The number of carbonyl (C=O) groups is 1. The molecule has 1 unspecified atom stereocenters. The maximum absolute atomic E-state index is 11.4. The molecule has 1 saturated heterocycles. The molecule has 17 heavy (non-hydrogen) atoms. The molecule has 2 N–H and O–H groups in total. The Morgan fingerprint density at radius 2 is 2.12 bits per heavy atom. The molecular formula is C11H22N2O3S. The predicted molar refractivity (Wildman–Crippen MR) is 67.6 cm³/mol. The van der Waals surface area contributed by atoms with Crippen LogP contribution in [0, 0.1) is 0 Å². The lowest BCUT2D eigenvalue weighted by atomic mass is 10.2. The van der Waals surface area contributed by atoms with Crippen molar-refractivity contribution in [2.24, 2.45) is 0 Å². The van der Waals surface area contributed by atoms with Crippen LogP contribution in [0.2, 0.25) is 0 Å². The topological polar surface area (TPSA) is 75.3 Å². The zero-order valence-corrected chi connectivity index (χ0v) is 11.3. The fourth-order valence-corrected chi connectivity index (χ4v) is 3.64. The Morgan fingerprint density at radius 3 is 2.71 bits per heavy atom. The monoisotopic (exact) mass is 262 g/mol. The van der Waals surface area contributed by atoms with Gasteiger partial charge in [-0.1, -0.05) is 0 Å². The van der Waals surface area contributed by atoms with E-state index in [1.807, 2.05) is 13.8 Å². The largest absolute Gasteiger partial charge is 0.354 e. The van der Waals surface area contributed by atoms with Crippen LogP contribution in [-0.2, 0) is 14.6 Å². The number of hydrogen-bond donors (Lipinski definition) is 2. The van der Waals surface area contributed by atoms with E-state index in [0.29, 0.717) is 18.7 Å². The predicted octanol–water partition coefficient (Wildman–Crippen LogP) is 0.0679. The van der Waals surface area contributed by atoms with Crippen LogP contribution in [0.5, 0.6) is 0 Å². The standard InChI is InChI=1S/C11H22N2O3S/c1-9(2)13-11(14)5-6-12-10-4-3-7-17(15,16)8-10/h9-10,12H,3-8H2,1-2H3,(H,13,14). The fourth-order valence-electron chi connectivity index (χ4n) is 1.97. The van der Waals surface area contributed by atoms with E-state index in [1.165, 1.54) is 0 Å². The second-order valence-electron chi connectivity index (χ2n) is 4.88. The molecule has 1 rings (SSSR count). The first-order chi connectivity index (χ1) is 7.89.